The van der Waals surface area contributed by atoms with Gasteiger partial charge in [-0.1, -0.05) is 6.92 Å². The van der Waals surface area contributed by atoms with E-state index in [0.29, 0.717) is 18.2 Å². The van der Waals surface area contributed by atoms with Crippen LogP contribution in [0.5, 0.6) is 0 Å². The maximum Gasteiger partial charge on any atom is 0.328 e. The Morgan fingerprint density at radius 1 is 1.39 bits per heavy atom. The number of hydrogen-bond donors (Lipinski definition) is 1. The molecule has 0 aliphatic carbocycles. The molecule has 0 aliphatic heterocycles. The molecule has 0 unspecified atom stereocenters. The van der Waals surface area contributed by atoms with Crippen LogP contribution in [0, 0.1) is 6.92 Å². The maximum atomic E-state index is 11.3. The SMILES string of the molecule is CCc1cc(N(CC)C(C)(C)C(=O)O)nc(C)n1. The van der Waals surface area contributed by atoms with Gasteiger partial charge in [0.05, 0.1) is 0 Å². The minimum atomic E-state index is -0.986. The van der Waals surface area contributed by atoms with Crippen LogP contribution in [0.25, 0.3) is 0 Å². The summed E-state index contributed by atoms with van der Waals surface area (Å²) >= 11 is 0. The van der Waals surface area contributed by atoms with E-state index in [4.69, 9.17) is 0 Å². The van der Waals surface area contributed by atoms with E-state index in [9.17, 15) is 9.90 Å². The Balaban J connectivity index is 3.24. The third-order valence-corrected chi connectivity index (χ3v) is 3.03. The summed E-state index contributed by atoms with van der Waals surface area (Å²) < 4.78 is 0. The lowest BCUT2D eigenvalue weighted by Gasteiger charge is -2.35. The van der Waals surface area contributed by atoms with Crippen molar-refractivity contribution in [2.75, 3.05) is 11.4 Å². The zero-order chi connectivity index (χ0) is 13.9. The van der Waals surface area contributed by atoms with Crippen molar-refractivity contribution in [3.8, 4) is 0 Å². The number of carboxylic acids is 1. The Morgan fingerprint density at radius 3 is 2.44 bits per heavy atom. The first-order valence-corrected chi connectivity index (χ1v) is 6.18. The first-order valence-electron chi connectivity index (χ1n) is 6.18. The third kappa shape index (κ3) is 2.78. The average Bonchev–Trinajstić information content (AvgIpc) is 2.28. The number of nitrogens with zero attached hydrogens (tertiary/aromatic N) is 3. The Morgan fingerprint density at radius 2 is 2.00 bits per heavy atom. The van der Waals surface area contributed by atoms with E-state index in [-0.39, 0.29) is 0 Å². The smallest absolute Gasteiger partial charge is 0.328 e. The van der Waals surface area contributed by atoms with Crippen LogP contribution in [0.4, 0.5) is 5.82 Å². The molecule has 0 saturated heterocycles. The summed E-state index contributed by atoms with van der Waals surface area (Å²) in [5, 5.41) is 9.31. The largest absolute Gasteiger partial charge is 0.480 e. The maximum absolute atomic E-state index is 11.3. The molecule has 1 aromatic heterocycles. The number of anilines is 1. The summed E-state index contributed by atoms with van der Waals surface area (Å²) in [5.41, 5.74) is -0.0577. The molecule has 0 fully saturated rings. The van der Waals surface area contributed by atoms with Gasteiger partial charge in [0, 0.05) is 18.3 Å². The summed E-state index contributed by atoms with van der Waals surface area (Å²) in [4.78, 5) is 21.8. The van der Waals surface area contributed by atoms with Crippen LogP contribution in [0.15, 0.2) is 6.07 Å². The highest BCUT2D eigenvalue weighted by atomic mass is 16.4. The van der Waals surface area contributed by atoms with Crippen LogP contribution in [0.1, 0.15) is 39.2 Å². The molecule has 0 spiro atoms. The fourth-order valence-corrected chi connectivity index (χ4v) is 1.89. The van der Waals surface area contributed by atoms with Gasteiger partial charge >= 0.3 is 5.97 Å². The van der Waals surface area contributed by atoms with Crippen molar-refractivity contribution < 1.29 is 9.90 Å². The van der Waals surface area contributed by atoms with Gasteiger partial charge in [-0.25, -0.2) is 14.8 Å². The van der Waals surface area contributed by atoms with Crippen molar-refractivity contribution in [1.29, 1.82) is 0 Å². The molecule has 0 radical (unpaired) electrons. The third-order valence-electron chi connectivity index (χ3n) is 3.03. The predicted octanol–water partition coefficient (Wildman–Crippen LogP) is 2.04. The van der Waals surface area contributed by atoms with E-state index in [1.807, 2.05) is 26.8 Å². The van der Waals surface area contributed by atoms with Crippen LogP contribution in [0.2, 0.25) is 0 Å². The van der Waals surface area contributed by atoms with E-state index < -0.39 is 11.5 Å². The zero-order valence-electron chi connectivity index (χ0n) is 11.7. The first kappa shape index (κ1) is 14.4. The molecule has 1 rings (SSSR count). The minimum Gasteiger partial charge on any atom is -0.480 e. The Bertz CT molecular complexity index is 444. The van der Waals surface area contributed by atoms with Crippen molar-refractivity contribution in [2.45, 2.75) is 46.6 Å². The van der Waals surface area contributed by atoms with Gasteiger partial charge in [0.1, 0.15) is 17.2 Å². The second-order valence-corrected chi connectivity index (χ2v) is 4.73. The molecular weight excluding hydrogens is 230 g/mol. The molecule has 0 amide bonds. The highest BCUT2D eigenvalue weighted by molar-refractivity contribution is 5.82. The lowest BCUT2D eigenvalue weighted by Crippen LogP contribution is -2.50. The lowest BCUT2D eigenvalue weighted by atomic mass is 10.0. The van der Waals surface area contributed by atoms with Crippen molar-refractivity contribution in [2.24, 2.45) is 0 Å². The van der Waals surface area contributed by atoms with Gasteiger partial charge in [-0.2, -0.15) is 0 Å². The summed E-state index contributed by atoms with van der Waals surface area (Å²) in [6, 6.07) is 1.86. The highest BCUT2D eigenvalue weighted by Crippen LogP contribution is 2.23. The van der Waals surface area contributed by atoms with Crippen molar-refractivity contribution >= 4 is 11.8 Å². The lowest BCUT2D eigenvalue weighted by molar-refractivity contribution is -0.142. The van der Waals surface area contributed by atoms with E-state index >= 15 is 0 Å². The van der Waals surface area contributed by atoms with E-state index in [1.165, 1.54) is 0 Å². The van der Waals surface area contributed by atoms with E-state index in [1.54, 1.807) is 18.7 Å². The van der Waals surface area contributed by atoms with Crippen LogP contribution >= 0.6 is 0 Å². The minimum absolute atomic E-state index is 0.582. The molecule has 5 heteroatoms. The second kappa shape index (κ2) is 5.33. The number of rotatable bonds is 5. The average molecular weight is 251 g/mol. The number of hydrogen-bond acceptors (Lipinski definition) is 4. The van der Waals surface area contributed by atoms with Crippen molar-refractivity contribution in [3.63, 3.8) is 0 Å². The molecule has 0 aliphatic rings. The molecule has 0 bridgehead atoms. The number of carboxylic acid groups (broad SMARTS) is 1. The summed E-state index contributed by atoms with van der Waals surface area (Å²) in [5.74, 6) is 0.483. The Hall–Kier alpha value is -1.65. The molecule has 1 aromatic rings. The van der Waals surface area contributed by atoms with Gasteiger partial charge in [-0.05, 0) is 34.1 Å². The fraction of sp³-hybridized carbons (Fsp3) is 0.615. The highest BCUT2D eigenvalue weighted by Gasteiger charge is 2.34. The van der Waals surface area contributed by atoms with Gasteiger partial charge < -0.3 is 10.0 Å². The molecule has 0 atom stereocenters. The Kier molecular flexibility index (Phi) is 4.27. The standard InChI is InChI=1S/C13H21N3O2/c1-6-10-8-11(15-9(3)14-10)16(7-2)13(4,5)12(17)18/h8H,6-7H2,1-5H3,(H,17,18). The molecule has 18 heavy (non-hydrogen) atoms. The number of carbonyl (C=O) groups is 1. The molecule has 0 saturated carbocycles. The van der Waals surface area contributed by atoms with Crippen molar-refractivity contribution in [1.82, 2.24) is 9.97 Å². The van der Waals surface area contributed by atoms with Crippen LogP contribution in [-0.4, -0.2) is 33.1 Å². The molecule has 100 valence electrons. The quantitative estimate of drug-likeness (QED) is 0.867. The molecule has 5 nitrogen and oxygen atoms in total. The zero-order valence-corrected chi connectivity index (χ0v) is 11.7. The molecule has 0 aromatic carbocycles. The van der Waals surface area contributed by atoms with Crippen molar-refractivity contribution in [3.05, 3.63) is 17.6 Å². The summed E-state index contributed by atoms with van der Waals surface area (Å²) in [6.45, 7) is 9.71. The predicted molar refractivity (Wildman–Crippen MR) is 70.9 cm³/mol. The van der Waals surface area contributed by atoms with Gasteiger partial charge in [-0.15, -0.1) is 0 Å². The first-order chi connectivity index (χ1) is 8.32. The fourth-order valence-electron chi connectivity index (χ4n) is 1.89. The topological polar surface area (TPSA) is 66.3 Å². The number of aliphatic carboxylic acids is 1. The van der Waals surface area contributed by atoms with Gasteiger partial charge in [-0.3, -0.25) is 0 Å². The summed E-state index contributed by atoms with van der Waals surface area (Å²) in [7, 11) is 0. The second-order valence-electron chi connectivity index (χ2n) is 4.73. The van der Waals surface area contributed by atoms with Crippen LogP contribution in [-0.2, 0) is 11.2 Å². The van der Waals surface area contributed by atoms with Gasteiger partial charge in [0.15, 0.2) is 0 Å². The molecular formula is C13H21N3O2. The van der Waals surface area contributed by atoms with Crippen LogP contribution in [0.3, 0.4) is 0 Å². The van der Waals surface area contributed by atoms with Gasteiger partial charge in [0.25, 0.3) is 0 Å². The van der Waals surface area contributed by atoms with Gasteiger partial charge in [0.2, 0.25) is 0 Å². The number of likely N-dealkylation sites (N-methyl/N-ethyl adjacent to an activating group) is 1. The normalized spacial score (nSPS) is 11.4. The van der Waals surface area contributed by atoms with E-state index in [0.717, 1.165) is 12.1 Å². The van der Waals surface area contributed by atoms with E-state index in [2.05, 4.69) is 9.97 Å². The summed E-state index contributed by atoms with van der Waals surface area (Å²) in [6.07, 6.45) is 0.807. The number of aryl methyl sites for hydroxylation is 2. The van der Waals surface area contributed by atoms with Crippen LogP contribution < -0.4 is 4.90 Å². The Labute approximate surface area is 108 Å². The number of aromatic nitrogens is 2. The monoisotopic (exact) mass is 251 g/mol. The molecule has 1 heterocycles. The molecule has 1 N–H and O–H groups in total.